The number of carbonyl (C=O) groups is 1. The van der Waals surface area contributed by atoms with Crippen LogP contribution in [0.4, 0.5) is 5.69 Å². The zero-order valence-electron chi connectivity index (χ0n) is 15.5. The Morgan fingerprint density at radius 3 is 2.38 bits per heavy atom. The second-order valence-electron chi connectivity index (χ2n) is 6.42. The summed E-state index contributed by atoms with van der Waals surface area (Å²) in [5, 5.41) is 5.62. The number of hydrogen-bond donors (Lipinski definition) is 0. The molecule has 0 radical (unpaired) electrons. The molecule has 1 aliphatic heterocycles. The molecule has 0 saturated heterocycles. The molecule has 2 aromatic rings. The average Bonchev–Trinajstić information content (AvgIpc) is 3.06. The molecule has 1 amide bonds. The van der Waals surface area contributed by atoms with Crippen LogP contribution in [0.3, 0.4) is 0 Å². The number of anilines is 1. The Morgan fingerprint density at radius 1 is 1.15 bits per heavy atom. The van der Waals surface area contributed by atoms with Gasteiger partial charge in [-0.3, -0.25) is 4.79 Å². The van der Waals surface area contributed by atoms with Crippen molar-refractivity contribution in [1.29, 1.82) is 0 Å². The summed E-state index contributed by atoms with van der Waals surface area (Å²) >= 11 is 0. The lowest BCUT2D eigenvalue weighted by Gasteiger charge is -2.20. The van der Waals surface area contributed by atoms with Crippen LogP contribution in [0.1, 0.15) is 24.3 Å². The lowest BCUT2D eigenvalue weighted by atomic mass is 10.1. The Hall–Kier alpha value is -3.02. The van der Waals surface area contributed by atoms with Gasteiger partial charge < -0.3 is 14.4 Å². The summed E-state index contributed by atoms with van der Waals surface area (Å²) in [5.41, 5.74) is 3.10. The highest BCUT2D eigenvalue weighted by molar-refractivity contribution is 5.83. The van der Waals surface area contributed by atoms with Gasteiger partial charge >= 0.3 is 0 Å². The number of nitrogens with zero attached hydrogens (tertiary/aromatic N) is 3. The molecule has 1 aliphatic rings. The van der Waals surface area contributed by atoms with Crippen LogP contribution in [-0.2, 0) is 9.53 Å². The van der Waals surface area contributed by atoms with E-state index in [4.69, 9.17) is 9.47 Å². The molecule has 0 aromatic heterocycles. The molecule has 136 valence electrons. The van der Waals surface area contributed by atoms with Gasteiger partial charge in [0.15, 0.2) is 6.61 Å². The zero-order chi connectivity index (χ0) is 18.7. The van der Waals surface area contributed by atoms with Crippen LogP contribution in [0.25, 0.3) is 0 Å². The molecule has 0 aliphatic carbocycles. The van der Waals surface area contributed by atoms with E-state index in [0.29, 0.717) is 5.90 Å². The van der Waals surface area contributed by atoms with Crippen LogP contribution >= 0.6 is 0 Å². The van der Waals surface area contributed by atoms with E-state index in [0.717, 1.165) is 22.6 Å². The minimum absolute atomic E-state index is 0.166. The van der Waals surface area contributed by atoms with Crippen molar-refractivity contribution < 1.29 is 14.3 Å². The zero-order valence-corrected chi connectivity index (χ0v) is 15.5. The number of rotatable bonds is 5. The fourth-order valence-electron chi connectivity index (χ4n) is 2.60. The molecule has 0 unspecified atom stereocenters. The monoisotopic (exact) mass is 353 g/mol. The Kier molecular flexibility index (Phi) is 5.11. The topological polar surface area (TPSA) is 54.4 Å². The van der Waals surface area contributed by atoms with E-state index < -0.39 is 6.23 Å². The summed E-state index contributed by atoms with van der Waals surface area (Å²) in [7, 11) is 3.96. The third-order valence-corrected chi connectivity index (χ3v) is 4.09. The van der Waals surface area contributed by atoms with Gasteiger partial charge in [-0.25, -0.2) is 0 Å². The van der Waals surface area contributed by atoms with Gasteiger partial charge in [-0.1, -0.05) is 29.8 Å². The van der Waals surface area contributed by atoms with Crippen molar-refractivity contribution in [2.45, 2.75) is 20.1 Å². The van der Waals surface area contributed by atoms with E-state index >= 15 is 0 Å². The van der Waals surface area contributed by atoms with Crippen LogP contribution < -0.4 is 9.64 Å². The first-order chi connectivity index (χ1) is 12.4. The van der Waals surface area contributed by atoms with Gasteiger partial charge in [0.05, 0.1) is 0 Å². The molecular formula is C20H23N3O3. The number of benzene rings is 2. The maximum Gasteiger partial charge on any atom is 0.247 e. The molecule has 1 atom stereocenters. The van der Waals surface area contributed by atoms with Crippen molar-refractivity contribution >= 4 is 17.5 Å². The van der Waals surface area contributed by atoms with Crippen molar-refractivity contribution in [3.63, 3.8) is 0 Å². The Bertz CT molecular complexity index is 798. The highest BCUT2D eigenvalue weighted by atomic mass is 16.6. The average molecular weight is 353 g/mol. The van der Waals surface area contributed by atoms with Gasteiger partial charge in [0.25, 0.3) is 0 Å². The Morgan fingerprint density at radius 2 is 1.81 bits per heavy atom. The maximum atomic E-state index is 12.0. The highest BCUT2D eigenvalue weighted by Crippen LogP contribution is 2.29. The standard InChI is InChI=1S/C20H23N3O3/c1-14-5-11-18(12-6-14)25-13-19-21-23(15(2)24)20(26-19)16-7-9-17(10-8-16)22(3)4/h5-12,20H,13H2,1-4H3/t20-/m1/s1. The number of hydrazone groups is 1. The lowest BCUT2D eigenvalue weighted by molar-refractivity contribution is -0.135. The van der Waals surface area contributed by atoms with Gasteiger partial charge in [-0.15, -0.1) is 5.10 Å². The molecule has 2 aromatic carbocycles. The van der Waals surface area contributed by atoms with E-state index in [1.807, 2.05) is 74.4 Å². The van der Waals surface area contributed by atoms with E-state index in [1.54, 1.807) is 0 Å². The number of aryl methyl sites for hydroxylation is 1. The van der Waals surface area contributed by atoms with Crippen LogP contribution in [0, 0.1) is 6.92 Å². The summed E-state index contributed by atoms with van der Waals surface area (Å²) in [6.45, 7) is 3.65. The molecule has 0 fully saturated rings. The van der Waals surface area contributed by atoms with E-state index in [2.05, 4.69) is 5.10 Å². The van der Waals surface area contributed by atoms with E-state index in [1.165, 1.54) is 11.9 Å². The van der Waals surface area contributed by atoms with Crippen molar-refractivity contribution in [2.75, 3.05) is 25.6 Å². The fourth-order valence-corrected chi connectivity index (χ4v) is 2.60. The summed E-state index contributed by atoms with van der Waals surface area (Å²) < 4.78 is 11.6. The fraction of sp³-hybridized carbons (Fsp3) is 0.300. The predicted octanol–water partition coefficient (Wildman–Crippen LogP) is 3.33. The van der Waals surface area contributed by atoms with Crippen molar-refractivity contribution in [1.82, 2.24) is 5.01 Å². The Labute approximate surface area is 153 Å². The SMILES string of the molecule is CC(=O)N1N=C(COc2ccc(C)cc2)O[C@@H]1c1ccc(N(C)C)cc1. The molecule has 0 N–H and O–H groups in total. The van der Waals surface area contributed by atoms with E-state index in [9.17, 15) is 4.79 Å². The van der Waals surface area contributed by atoms with Crippen molar-refractivity contribution in [2.24, 2.45) is 5.10 Å². The molecule has 26 heavy (non-hydrogen) atoms. The number of hydrogen-bond acceptors (Lipinski definition) is 5. The molecule has 6 nitrogen and oxygen atoms in total. The number of carbonyl (C=O) groups excluding carboxylic acids is 1. The minimum atomic E-state index is -0.569. The normalized spacial score (nSPS) is 16.1. The van der Waals surface area contributed by atoms with Crippen LogP contribution in [0.5, 0.6) is 5.75 Å². The first-order valence-electron chi connectivity index (χ1n) is 8.45. The highest BCUT2D eigenvalue weighted by Gasteiger charge is 2.32. The van der Waals surface area contributed by atoms with Gasteiger partial charge in [-0.05, 0) is 31.2 Å². The molecule has 1 heterocycles. The van der Waals surface area contributed by atoms with Crippen molar-refractivity contribution in [3.8, 4) is 5.75 Å². The summed E-state index contributed by atoms with van der Waals surface area (Å²) in [6.07, 6.45) is -0.569. The summed E-state index contributed by atoms with van der Waals surface area (Å²) in [4.78, 5) is 14.0. The van der Waals surface area contributed by atoms with Crippen LogP contribution in [-0.4, -0.2) is 37.5 Å². The van der Waals surface area contributed by atoms with Crippen LogP contribution in [0.15, 0.2) is 53.6 Å². The molecular weight excluding hydrogens is 330 g/mol. The third kappa shape index (κ3) is 3.96. The number of ether oxygens (including phenoxy) is 2. The maximum absolute atomic E-state index is 12.0. The van der Waals surface area contributed by atoms with Gasteiger partial charge in [0.1, 0.15) is 5.75 Å². The molecule has 6 heteroatoms. The number of amides is 1. The van der Waals surface area contributed by atoms with Gasteiger partial charge in [0.2, 0.25) is 18.0 Å². The summed E-state index contributed by atoms with van der Waals surface area (Å²) in [5.74, 6) is 0.926. The van der Waals surface area contributed by atoms with Gasteiger partial charge in [-0.2, -0.15) is 5.01 Å². The third-order valence-electron chi connectivity index (χ3n) is 4.09. The van der Waals surface area contributed by atoms with Crippen LogP contribution in [0.2, 0.25) is 0 Å². The largest absolute Gasteiger partial charge is 0.484 e. The minimum Gasteiger partial charge on any atom is -0.484 e. The molecule has 0 bridgehead atoms. The molecule has 0 saturated carbocycles. The Balaban J connectivity index is 1.70. The summed E-state index contributed by atoms with van der Waals surface area (Å²) in [6, 6.07) is 15.6. The van der Waals surface area contributed by atoms with E-state index in [-0.39, 0.29) is 12.5 Å². The first-order valence-corrected chi connectivity index (χ1v) is 8.45. The second-order valence-corrected chi connectivity index (χ2v) is 6.42. The first kappa shape index (κ1) is 17.8. The predicted molar refractivity (Wildman–Crippen MR) is 101 cm³/mol. The van der Waals surface area contributed by atoms with Crippen molar-refractivity contribution in [3.05, 3.63) is 59.7 Å². The quantitative estimate of drug-likeness (QED) is 0.827. The van der Waals surface area contributed by atoms with Gasteiger partial charge in [0, 0.05) is 32.3 Å². The smallest absolute Gasteiger partial charge is 0.247 e. The second kappa shape index (κ2) is 7.47. The molecule has 3 rings (SSSR count). The lowest BCUT2D eigenvalue weighted by Crippen LogP contribution is -2.25. The molecule has 0 spiro atoms.